The lowest BCUT2D eigenvalue weighted by atomic mass is 10.0. The van der Waals surface area contributed by atoms with Gasteiger partial charge in [0.15, 0.2) is 0 Å². The molecule has 0 aliphatic heterocycles. The van der Waals surface area contributed by atoms with Gasteiger partial charge in [-0.1, -0.05) is 30.3 Å². The second kappa shape index (κ2) is 6.04. The van der Waals surface area contributed by atoms with E-state index in [2.05, 4.69) is 0 Å². The fourth-order valence-corrected chi connectivity index (χ4v) is 2.08. The molecule has 0 fully saturated rings. The number of carboxylic acids is 1. The van der Waals surface area contributed by atoms with Gasteiger partial charge in [0.2, 0.25) is 0 Å². The van der Waals surface area contributed by atoms with Crippen LogP contribution in [0.1, 0.15) is 21.5 Å². The highest BCUT2D eigenvalue weighted by atomic mass is 16.6. The number of nitro groups is 1. The molecule has 0 aromatic heterocycles. The molecule has 0 aliphatic rings. The third-order valence-electron chi connectivity index (χ3n) is 3.06. The average Bonchev–Trinajstić information content (AvgIpc) is 2.47. The third-order valence-corrected chi connectivity index (χ3v) is 3.06. The minimum atomic E-state index is -1.36. The van der Waals surface area contributed by atoms with Crippen molar-refractivity contribution in [3.05, 3.63) is 69.3 Å². The standard InChI is InChI=1S/C15H13NO5/c1-21-14-9-12(15(17)18)13(16(19)20)8-11(14)7-10-5-3-2-4-6-10/h2-6,8-9H,7H2,1H3,(H,17,18). The first kappa shape index (κ1) is 14.5. The molecule has 0 saturated heterocycles. The number of hydrogen-bond acceptors (Lipinski definition) is 4. The summed E-state index contributed by atoms with van der Waals surface area (Å²) in [4.78, 5) is 21.4. The number of ether oxygens (including phenoxy) is 1. The molecule has 0 heterocycles. The molecule has 2 aromatic carbocycles. The number of nitrogens with zero attached hydrogens (tertiary/aromatic N) is 1. The van der Waals surface area contributed by atoms with E-state index in [0.29, 0.717) is 17.7 Å². The van der Waals surface area contributed by atoms with E-state index in [9.17, 15) is 14.9 Å². The molecule has 108 valence electrons. The predicted octanol–water partition coefficient (Wildman–Crippen LogP) is 2.89. The molecule has 0 radical (unpaired) electrons. The second-order valence-corrected chi connectivity index (χ2v) is 4.41. The highest BCUT2D eigenvalue weighted by molar-refractivity contribution is 5.93. The molecule has 0 atom stereocenters. The van der Waals surface area contributed by atoms with Crippen LogP contribution in [0.3, 0.4) is 0 Å². The van der Waals surface area contributed by atoms with Gasteiger partial charge in [-0.2, -0.15) is 0 Å². The molecular formula is C15H13NO5. The Balaban J connectivity index is 2.52. The molecule has 0 saturated carbocycles. The molecule has 21 heavy (non-hydrogen) atoms. The van der Waals surface area contributed by atoms with Gasteiger partial charge < -0.3 is 9.84 Å². The summed E-state index contributed by atoms with van der Waals surface area (Å²) >= 11 is 0. The molecule has 6 nitrogen and oxygen atoms in total. The summed E-state index contributed by atoms with van der Waals surface area (Å²) in [6.45, 7) is 0. The molecule has 2 aromatic rings. The monoisotopic (exact) mass is 287 g/mol. The van der Waals surface area contributed by atoms with E-state index in [1.54, 1.807) is 0 Å². The Morgan fingerprint density at radius 1 is 1.29 bits per heavy atom. The van der Waals surface area contributed by atoms with Gasteiger partial charge in [0.05, 0.1) is 12.0 Å². The van der Waals surface area contributed by atoms with Crippen molar-refractivity contribution in [1.29, 1.82) is 0 Å². The van der Waals surface area contributed by atoms with Crippen LogP contribution in [0.25, 0.3) is 0 Å². The molecule has 0 bridgehead atoms. The Kier molecular flexibility index (Phi) is 4.18. The maximum atomic E-state index is 11.1. The summed E-state index contributed by atoms with van der Waals surface area (Å²) in [6, 6.07) is 11.8. The maximum absolute atomic E-state index is 11.1. The van der Waals surface area contributed by atoms with Gasteiger partial charge in [-0.25, -0.2) is 4.79 Å². The smallest absolute Gasteiger partial charge is 0.342 e. The van der Waals surface area contributed by atoms with E-state index in [0.717, 1.165) is 5.56 Å². The van der Waals surface area contributed by atoms with Crippen molar-refractivity contribution in [3.8, 4) is 5.75 Å². The number of benzene rings is 2. The normalized spacial score (nSPS) is 10.1. The Morgan fingerprint density at radius 3 is 2.48 bits per heavy atom. The van der Waals surface area contributed by atoms with Gasteiger partial charge in [0.1, 0.15) is 11.3 Å². The zero-order chi connectivity index (χ0) is 15.4. The Bertz CT molecular complexity index is 682. The summed E-state index contributed by atoms with van der Waals surface area (Å²) in [5.41, 5.74) is 0.705. The van der Waals surface area contributed by atoms with Crippen molar-refractivity contribution < 1.29 is 19.6 Å². The Hall–Kier alpha value is -2.89. The van der Waals surface area contributed by atoms with E-state index < -0.39 is 16.6 Å². The number of nitro benzene ring substituents is 1. The minimum absolute atomic E-state index is 0.321. The Morgan fingerprint density at radius 2 is 1.95 bits per heavy atom. The van der Waals surface area contributed by atoms with Crippen molar-refractivity contribution in [2.75, 3.05) is 7.11 Å². The van der Waals surface area contributed by atoms with E-state index in [4.69, 9.17) is 9.84 Å². The van der Waals surface area contributed by atoms with E-state index in [1.807, 2.05) is 30.3 Å². The molecule has 6 heteroatoms. The van der Waals surface area contributed by atoms with Crippen LogP contribution < -0.4 is 4.74 Å². The average molecular weight is 287 g/mol. The largest absolute Gasteiger partial charge is 0.496 e. The van der Waals surface area contributed by atoms with Crippen molar-refractivity contribution in [3.63, 3.8) is 0 Å². The van der Waals surface area contributed by atoms with Crippen molar-refractivity contribution in [2.45, 2.75) is 6.42 Å². The molecule has 1 N–H and O–H groups in total. The van der Waals surface area contributed by atoms with E-state index in [1.165, 1.54) is 19.2 Å². The summed E-state index contributed by atoms with van der Waals surface area (Å²) in [5.74, 6) is -1.03. The summed E-state index contributed by atoms with van der Waals surface area (Å²) in [7, 11) is 1.40. The SMILES string of the molecule is COc1cc(C(=O)O)c([N+](=O)[O-])cc1Cc1ccccc1. The van der Waals surface area contributed by atoms with Crippen molar-refractivity contribution in [1.82, 2.24) is 0 Å². The van der Waals surface area contributed by atoms with Gasteiger partial charge in [-0.15, -0.1) is 0 Å². The molecule has 0 unspecified atom stereocenters. The molecule has 2 rings (SSSR count). The summed E-state index contributed by atoms with van der Waals surface area (Å²) in [5, 5.41) is 20.1. The Labute approximate surface area is 120 Å². The third kappa shape index (κ3) is 3.17. The zero-order valence-corrected chi connectivity index (χ0v) is 11.3. The molecule has 0 spiro atoms. The van der Waals surface area contributed by atoms with Gasteiger partial charge in [-0.05, 0) is 5.56 Å². The van der Waals surface area contributed by atoms with Crippen LogP contribution in [0.15, 0.2) is 42.5 Å². The van der Waals surface area contributed by atoms with Crippen LogP contribution >= 0.6 is 0 Å². The van der Waals surface area contributed by atoms with Crippen LogP contribution in [0.5, 0.6) is 5.75 Å². The molecule has 0 aliphatic carbocycles. The number of rotatable bonds is 5. The lowest BCUT2D eigenvalue weighted by Gasteiger charge is -2.10. The first-order valence-corrected chi connectivity index (χ1v) is 6.15. The molecular weight excluding hydrogens is 274 g/mol. The summed E-state index contributed by atoms with van der Waals surface area (Å²) in [6.07, 6.45) is 0.421. The zero-order valence-electron chi connectivity index (χ0n) is 11.3. The lowest BCUT2D eigenvalue weighted by molar-refractivity contribution is -0.385. The maximum Gasteiger partial charge on any atom is 0.342 e. The van der Waals surface area contributed by atoms with Gasteiger partial charge >= 0.3 is 5.97 Å². The van der Waals surface area contributed by atoms with E-state index >= 15 is 0 Å². The van der Waals surface area contributed by atoms with Crippen LogP contribution in [0.4, 0.5) is 5.69 Å². The molecule has 0 amide bonds. The van der Waals surface area contributed by atoms with Gasteiger partial charge in [0, 0.05) is 24.1 Å². The van der Waals surface area contributed by atoms with Crippen LogP contribution in [-0.2, 0) is 6.42 Å². The number of carbonyl (C=O) groups is 1. The van der Waals surface area contributed by atoms with Gasteiger partial charge in [-0.3, -0.25) is 10.1 Å². The van der Waals surface area contributed by atoms with Crippen LogP contribution in [0, 0.1) is 10.1 Å². The van der Waals surface area contributed by atoms with Crippen LogP contribution in [0.2, 0.25) is 0 Å². The second-order valence-electron chi connectivity index (χ2n) is 4.41. The number of aromatic carboxylic acids is 1. The van der Waals surface area contributed by atoms with Crippen LogP contribution in [-0.4, -0.2) is 23.1 Å². The minimum Gasteiger partial charge on any atom is -0.496 e. The quantitative estimate of drug-likeness (QED) is 0.674. The van der Waals surface area contributed by atoms with Crippen molar-refractivity contribution in [2.24, 2.45) is 0 Å². The number of hydrogen-bond donors (Lipinski definition) is 1. The summed E-state index contributed by atoms with van der Waals surface area (Å²) < 4.78 is 5.16. The highest BCUT2D eigenvalue weighted by Gasteiger charge is 2.23. The lowest BCUT2D eigenvalue weighted by Crippen LogP contribution is -2.05. The highest BCUT2D eigenvalue weighted by Crippen LogP contribution is 2.30. The van der Waals surface area contributed by atoms with E-state index in [-0.39, 0.29) is 5.56 Å². The van der Waals surface area contributed by atoms with Gasteiger partial charge in [0.25, 0.3) is 5.69 Å². The fraction of sp³-hybridized carbons (Fsp3) is 0.133. The number of carboxylic acid groups (broad SMARTS) is 1. The first-order valence-electron chi connectivity index (χ1n) is 6.15. The fourth-order valence-electron chi connectivity index (χ4n) is 2.08. The predicted molar refractivity (Wildman–Crippen MR) is 75.9 cm³/mol. The number of methoxy groups -OCH3 is 1. The van der Waals surface area contributed by atoms with Crippen molar-refractivity contribution >= 4 is 11.7 Å². The first-order chi connectivity index (χ1) is 10.0. The topological polar surface area (TPSA) is 89.7 Å².